The Kier molecular flexibility index (Phi) is 8.37. The van der Waals surface area contributed by atoms with Gasteiger partial charge in [0, 0.05) is 39.3 Å². The van der Waals surface area contributed by atoms with Crippen molar-refractivity contribution in [2.75, 3.05) is 53.9 Å². The molecule has 198 valence electrons. The standard InChI is InChI=1S/C23H33N5O7S/c1-16(29)35-21-23(2,15-34-22(31)25-10-11-27(5)13-12-26(3)4)36(32,33)20-18(19(30)28(20)21)14-17-8-6-7-9-24-17/h6-9,14,20-21H,10-13,15H2,1-5H3,(H,25,31)/b18-14-/t20-,21+,23+/m1/s1. The van der Waals surface area contributed by atoms with Gasteiger partial charge < -0.3 is 24.6 Å². The van der Waals surface area contributed by atoms with Crippen LogP contribution >= 0.6 is 0 Å². The molecular weight excluding hydrogens is 490 g/mol. The van der Waals surface area contributed by atoms with Gasteiger partial charge in [-0.05, 0) is 46.3 Å². The Morgan fingerprint density at radius 2 is 1.94 bits per heavy atom. The smallest absolute Gasteiger partial charge is 0.407 e. The Balaban J connectivity index is 1.71. The van der Waals surface area contributed by atoms with Crippen molar-refractivity contribution in [2.45, 2.75) is 30.2 Å². The normalized spacial score (nSPS) is 25.6. The topological polar surface area (TPSA) is 138 Å². The molecule has 1 N–H and O–H groups in total. The second-order valence-electron chi connectivity index (χ2n) is 9.35. The van der Waals surface area contributed by atoms with Gasteiger partial charge >= 0.3 is 12.1 Å². The molecule has 0 bridgehead atoms. The molecule has 0 radical (unpaired) electrons. The van der Waals surface area contributed by atoms with E-state index in [4.69, 9.17) is 9.47 Å². The molecule has 2 saturated heterocycles. The summed E-state index contributed by atoms with van der Waals surface area (Å²) >= 11 is 0. The molecule has 1 aromatic rings. The van der Waals surface area contributed by atoms with Gasteiger partial charge in [-0.15, -0.1) is 0 Å². The molecule has 0 aromatic carbocycles. The molecule has 1 aromatic heterocycles. The number of sulfone groups is 1. The van der Waals surface area contributed by atoms with Gasteiger partial charge in [0.1, 0.15) is 6.61 Å². The first-order valence-electron chi connectivity index (χ1n) is 11.5. The van der Waals surface area contributed by atoms with Gasteiger partial charge in [-0.25, -0.2) is 13.2 Å². The van der Waals surface area contributed by atoms with Gasteiger partial charge in [-0.1, -0.05) is 6.07 Å². The summed E-state index contributed by atoms with van der Waals surface area (Å²) in [6.07, 6.45) is 0.675. The summed E-state index contributed by atoms with van der Waals surface area (Å²) in [5, 5.41) is 1.26. The zero-order chi connectivity index (χ0) is 26.7. The number of β-lactam (4-membered cyclic amide) rings is 1. The third-order valence-electron chi connectivity index (χ3n) is 6.17. The van der Waals surface area contributed by atoms with E-state index in [9.17, 15) is 22.8 Å². The van der Waals surface area contributed by atoms with Gasteiger partial charge in [-0.2, -0.15) is 0 Å². The Labute approximate surface area is 211 Å². The van der Waals surface area contributed by atoms with Crippen molar-refractivity contribution >= 4 is 33.9 Å². The number of esters is 1. The third-order valence-corrected chi connectivity index (χ3v) is 8.86. The van der Waals surface area contributed by atoms with Crippen molar-refractivity contribution in [3.63, 3.8) is 0 Å². The number of likely N-dealkylation sites (N-methyl/N-ethyl adjacent to an activating group) is 2. The molecule has 0 saturated carbocycles. The zero-order valence-corrected chi connectivity index (χ0v) is 21.9. The average Bonchev–Trinajstić information content (AvgIpc) is 2.96. The molecule has 2 aliphatic rings. The summed E-state index contributed by atoms with van der Waals surface area (Å²) in [7, 11) is 1.70. The van der Waals surface area contributed by atoms with Crippen LogP contribution in [0.1, 0.15) is 19.5 Å². The number of aromatic nitrogens is 1. The number of ether oxygens (including phenoxy) is 2. The Bertz CT molecular complexity index is 1120. The minimum atomic E-state index is -4.16. The molecule has 0 aliphatic carbocycles. The van der Waals surface area contributed by atoms with Crippen LogP contribution in [0.25, 0.3) is 6.08 Å². The highest BCUT2D eigenvalue weighted by Gasteiger charge is 2.72. The van der Waals surface area contributed by atoms with E-state index < -0.39 is 50.8 Å². The molecule has 2 fully saturated rings. The fourth-order valence-electron chi connectivity index (χ4n) is 4.02. The van der Waals surface area contributed by atoms with Crippen molar-refractivity contribution in [3.8, 4) is 0 Å². The maximum absolute atomic E-state index is 13.6. The van der Waals surface area contributed by atoms with E-state index in [0.717, 1.165) is 24.9 Å². The maximum atomic E-state index is 13.6. The van der Waals surface area contributed by atoms with Gasteiger partial charge in [0.05, 0.1) is 11.3 Å². The predicted octanol–water partition coefficient (Wildman–Crippen LogP) is -0.0708. The van der Waals surface area contributed by atoms with Gasteiger partial charge in [-0.3, -0.25) is 19.5 Å². The number of carbonyl (C=O) groups excluding carboxylic acids is 3. The number of carbonyl (C=O) groups is 3. The van der Waals surface area contributed by atoms with Gasteiger partial charge in [0.25, 0.3) is 5.91 Å². The van der Waals surface area contributed by atoms with E-state index in [1.807, 2.05) is 30.9 Å². The highest BCUT2D eigenvalue weighted by atomic mass is 32.2. The summed E-state index contributed by atoms with van der Waals surface area (Å²) in [4.78, 5) is 46.2. The van der Waals surface area contributed by atoms with Crippen LogP contribution in [-0.4, -0.2) is 116 Å². The van der Waals surface area contributed by atoms with Crippen LogP contribution in [0, 0.1) is 0 Å². The lowest BCUT2D eigenvalue weighted by atomic mass is 10.0. The summed E-state index contributed by atoms with van der Waals surface area (Å²) in [5.74, 6) is -1.35. The van der Waals surface area contributed by atoms with Crippen molar-refractivity contribution in [1.82, 2.24) is 25.0 Å². The first-order valence-corrected chi connectivity index (χ1v) is 13.0. The fourth-order valence-corrected chi connectivity index (χ4v) is 6.20. The molecule has 2 aliphatic heterocycles. The monoisotopic (exact) mass is 523 g/mol. The number of hydrogen-bond acceptors (Lipinski definition) is 10. The van der Waals surface area contributed by atoms with E-state index >= 15 is 0 Å². The van der Waals surface area contributed by atoms with Crippen LogP contribution in [0.5, 0.6) is 0 Å². The molecule has 13 heteroatoms. The average molecular weight is 524 g/mol. The SMILES string of the molecule is CC(=O)O[C@@H]1N2C(=O)/C(=C/c3ccccn3)[C@H]2S(=O)(=O)[C@@]1(C)COC(=O)NCCN(C)CCN(C)C. The van der Waals surface area contributed by atoms with Crippen molar-refractivity contribution in [1.29, 1.82) is 0 Å². The highest BCUT2D eigenvalue weighted by molar-refractivity contribution is 7.94. The summed E-state index contributed by atoms with van der Waals surface area (Å²) in [5.41, 5.74) is 0.430. The van der Waals surface area contributed by atoms with E-state index in [0.29, 0.717) is 18.8 Å². The predicted molar refractivity (Wildman–Crippen MR) is 131 cm³/mol. The lowest BCUT2D eigenvalue weighted by Gasteiger charge is -2.38. The summed E-state index contributed by atoms with van der Waals surface area (Å²) in [6.45, 7) is 4.36. The lowest BCUT2D eigenvalue weighted by Crippen LogP contribution is -2.58. The van der Waals surface area contributed by atoms with E-state index in [1.165, 1.54) is 19.2 Å². The Morgan fingerprint density at radius 3 is 2.56 bits per heavy atom. The highest BCUT2D eigenvalue weighted by Crippen LogP contribution is 2.49. The van der Waals surface area contributed by atoms with Crippen LogP contribution in [0.2, 0.25) is 0 Å². The molecule has 0 unspecified atom stereocenters. The third kappa shape index (κ3) is 5.52. The van der Waals surface area contributed by atoms with Crippen LogP contribution in [-0.2, 0) is 28.9 Å². The van der Waals surface area contributed by atoms with Crippen LogP contribution in [0.15, 0.2) is 30.0 Å². The Morgan fingerprint density at radius 1 is 1.22 bits per heavy atom. The minimum Gasteiger partial charge on any atom is -0.448 e. The molecule has 0 spiro atoms. The molecule has 12 nitrogen and oxygen atoms in total. The second kappa shape index (κ2) is 10.9. The number of fused-ring (bicyclic) bond motifs is 1. The summed E-state index contributed by atoms with van der Waals surface area (Å²) < 4.78 is 35.8. The molecule has 3 atom stereocenters. The van der Waals surface area contributed by atoms with Gasteiger partial charge in [0.15, 0.2) is 20.0 Å². The quantitative estimate of drug-likeness (QED) is 0.252. The number of amides is 2. The summed E-state index contributed by atoms with van der Waals surface area (Å²) in [6, 6.07) is 5.04. The van der Waals surface area contributed by atoms with Crippen molar-refractivity contribution in [3.05, 3.63) is 35.7 Å². The largest absolute Gasteiger partial charge is 0.448 e. The van der Waals surface area contributed by atoms with Crippen LogP contribution in [0.4, 0.5) is 4.79 Å². The van der Waals surface area contributed by atoms with Crippen LogP contribution < -0.4 is 5.32 Å². The van der Waals surface area contributed by atoms with E-state index in [2.05, 4.69) is 10.3 Å². The molecule has 36 heavy (non-hydrogen) atoms. The molecule has 3 rings (SSSR count). The van der Waals surface area contributed by atoms with E-state index in [1.54, 1.807) is 18.2 Å². The Hall–Kier alpha value is -3.03. The van der Waals surface area contributed by atoms with E-state index in [-0.39, 0.29) is 5.57 Å². The minimum absolute atomic E-state index is 0.0137. The zero-order valence-electron chi connectivity index (χ0n) is 21.1. The maximum Gasteiger partial charge on any atom is 0.407 e. The fraction of sp³-hybridized carbons (Fsp3) is 0.565. The molecular formula is C23H33N5O7S. The first kappa shape index (κ1) is 27.6. The molecule has 3 heterocycles. The number of alkyl carbamates (subject to hydrolysis) is 1. The second-order valence-corrected chi connectivity index (χ2v) is 11.8. The number of nitrogens with zero attached hydrogens (tertiary/aromatic N) is 4. The number of hydrogen-bond donors (Lipinski definition) is 1. The first-order chi connectivity index (χ1) is 16.9. The number of rotatable bonds is 10. The van der Waals surface area contributed by atoms with Crippen molar-refractivity contribution in [2.24, 2.45) is 0 Å². The number of nitrogens with one attached hydrogen (secondary N) is 1. The lowest BCUT2D eigenvalue weighted by molar-refractivity contribution is -0.168. The van der Waals surface area contributed by atoms with Gasteiger partial charge in [0.2, 0.25) is 6.23 Å². The number of pyridine rings is 1. The van der Waals surface area contributed by atoms with Crippen LogP contribution in [0.3, 0.4) is 0 Å². The van der Waals surface area contributed by atoms with Crippen molar-refractivity contribution < 1.29 is 32.3 Å². The molecule has 2 amide bonds.